The van der Waals surface area contributed by atoms with Crippen LogP contribution in [0, 0.1) is 5.92 Å². The van der Waals surface area contributed by atoms with Crippen LogP contribution in [0.4, 0.5) is 0 Å². The van der Waals surface area contributed by atoms with E-state index in [1.807, 2.05) is 6.92 Å². The Morgan fingerprint density at radius 3 is 2.71 bits per heavy atom. The lowest BCUT2D eigenvalue weighted by Gasteiger charge is -2.30. The van der Waals surface area contributed by atoms with Crippen molar-refractivity contribution in [1.29, 1.82) is 0 Å². The Morgan fingerprint density at radius 2 is 2.06 bits per heavy atom. The van der Waals surface area contributed by atoms with Gasteiger partial charge in [0.1, 0.15) is 6.10 Å². The van der Waals surface area contributed by atoms with Gasteiger partial charge in [0.05, 0.1) is 6.42 Å². The van der Waals surface area contributed by atoms with E-state index in [4.69, 9.17) is 4.74 Å². The SMILES string of the molecule is CCNC(C)CC(=O)OC1CCCCC1CC. The Balaban J connectivity index is 2.33. The van der Waals surface area contributed by atoms with Crippen molar-refractivity contribution < 1.29 is 9.53 Å². The third-order valence-corrected chi connectivity index (χ3v) is 3.67. The minimum absolute atomic E-state index is 0.0381. The molecular formula is C14H27NO2. The van der Waals surface area contributed by atoms with E-state index in [-0.39, 0.29) is 18.1 Å². The molecule has 0 heterocycles. The molecule has 3 heteroatoms. The summed E-state index contributed by atoms with van der Waals surface area (Å²) in [6.45, 7) is 7.17. The molecule has 1 rings (SSSR count). The summed E-state index contributed by atoms with van der Waals surface area (Å²) >= 11 is 0. The lowest BCUT2D eigenvalue weighted by atomic mass is 9.85. The Hall–Kier alpha value is -0.570. The molecular weight excluding hydrogens is 214 g/mol. The molecule has 1 saturated carbocycles. The summed E-state index contributed by atoms with van der Waals surface area (Å²) in [5.74, 6) is 0.547. The van der Waals surface area contributed by atoms with Crippen molar-refractivity contribution in [1.82, 2.24) is 5.32 Å². The van der Waals surface area contributed by atoms with Gasteiger partial charge < -0.3 is 10.1 Å². The number of carbonyl (C=O) groups is 1. The first-order chi connectivity index (χ1) is 8.17. The minimum atomic E-state index is -0.0381. The second-order valence-electron chi connectivity index (χ2n) is 5.14. The maximum atomic E-state index is 11.8. The molecule has 0 aliphatic heterocycles. The topological polar surface area (TPSA) is 38.3 Å². The van der Waals surface area contributed by atoms with Crippen LogP contribution in [0.25, 0.3) is 0 Å². The largest absolute Gasteiger partial charge is 0.462 e. The molecule has 0 saturated heterocycles. The number of nitrogens with one attached hydrogen (secondary N) is 1. The predicted molar refractivity (Wildman–Crippen MR) is 69.9 cm³/mol. The third-order valence-electron chi connectivity index (χ3n) is 3.67. The van der Waals surface area contributed by atoms with Gasteiger partial charge in [-0.15, -0.1) is 0 Å². The van der Waals surface area contributed by atoms with Crippen LogP contribution < -0.4 is 5.32 Å². The Labute approximate surface area is 105 Å². The van der Waals surface area contributed by atoms with Crippen LogP contribution in [0.3, 0.4) is 0 Å². The Morgan fingerprint density at radius 1 is 1.35 bits per heavy atom. The molecule has 17 heavy (non-hydrogen) atoms. The molecule has 3 unspecified atom stereocenters. The van der Waals surface area contributed by atoms with Gasteiger partial charge in [-0.3, -0.25) is 4.79 Å². The minimum Gasteiger partial charge on any atom is -0.462 e. The molecule has 0 bridgehead atoms. The molecule has 0 radical (unpaired) electrons. The fraction of sp³-hybridized carbons (Fsp3) is 0.929. The van der Waals surface area contributed by atoms with E-state index < -0.39 is 0 Å². The van der Waals surface area contributed by atoms with Gasteiger partial charge in [-0.25, -0.2) is 0 Å². The van der Waals surface area contributed by atoms with Gasteiger partial charge in [0.25, 0.3) is 0 Å². The van der Waals surface area contributed by atoms with Gasteiger partial charge in [-0.1, -0.05) is 20.3 Å². The summed E-state index contributed by atoms with van der Waals surface area (Å²) in [4.78, 5) is 11.8. The average Bonchev–Trinajstić information content (AvgIpc) is 2.29. The van der Waals surface area contributed by atoms with Gasteiger partial charge in [-0.05, 0) is 45.1 Å². The van der Waals surface area contributed by atoms with E-state index in [0.717, 1.165) is 19.4 Å². The van der Waals surface area contributed by atoms with E-state index in [1.165, 1.54) is 19.3 Å². The number of carbonyl (C=O) groups excluding carboxylic acids is 1. The van der Waals surface area contributed by atoms with Crippen LogP contribution in [-0.4, -0.2) is 24.7 Å². The first-order valence-corrected chi connectivity index (χ1v) is 7.10. The second-order valence-corrected chi connectivity index (χ2v) is 5.14. The lowest BCUT2D eigenvalue weighted by Crippen LogP contribution is -2.33. The predicted octanol–water partition coefficient (Wildman–Crippen LogP) is 2.89. The van der Waals surface area contributed by atoms with Crippen LogP contribution in [0.15, 0.2) is 0 Å². The van der Waals surface area contributed by atoms with E-state index >= 15 is 0 Å². The van der Waals surface area contributed by atoms with E-state index in [1.54, 1.807) is 0 Å². The monoisotopic (exact) mass is 241 g/mol. The first kappa shape index (κ1) is 14.5. The highest BCUT2D eigenvalue weighted by atomic mass is 16.5. The summed E-state index contributed by atoms with van der Waals surface area (Å²) in [6, 6.07) is 0.219. The summed E-state index contributed by atoms with van der Waals surface area (Å²) in [5.41, 5.74) is 0. The van der Waals surface area contributed by atoms with Crippen molar-refractivity contribution in [2.45, 2.75) is 71.4 Å². The number of ether oxygens (including phenoxy) is 1. The number of rotatable bonds is 6. The zero-order valence-corrected chi connectivity index (χ0v) is 11.5. The zero-order chi connectivity index (χ0) is 12.7. The summed E-state index contributed by atoms with van der Waals surface area (Å²) in [7, 11) is 0. The van der Waals surface area contributed by atoms with Gasteiger partial charge in [0.15, 0.2) is 0 Å². The van der Waals surface area contributed by atoms with Gasteiger partial charge >= 0.3 is 5.97 Å². The molecule has 0 aromatic carbocycles. The summed E-state index contributed by atoms with van der Waals surface area (Å²) in [5, 5.41) is 3.24. The number of esters is 1. The van der Waals surface area contributed by atoms with Crippen LogP contribution in [0.2, 0.25) is 0 Å². The summed E-state index contributed by atoms with van der Waals surface area (Å²) in [6.07, 6.45) is 6.56. The van der Waals surface area contributed by atoms with Crippen LogP contribution in [-0.2, 0) is 9.53 Å². The molecule has 0 spiro atoms. The summed E-state index contributed by atoms with van der Waals surface area (Å²) < 4.78 is 5.63. The average molecular weight is 241 g/mol. The maximum absolute atomic E-state index is 11.8. The molecule has 1 N–H and O–H groups in total. The quantitative estimate of drug-likeness (QED) is 0.727. The highest BCUT2D eigenvalue weighted by Gasteiger charge is 2.27. The highest BCUT2D eigenvalue weighted by molar-refractivity contribution is 5.70. The number of hydrogen-bond donors (Lipinski definition) is 1. The molecule has 1 aliphatic rings. The van der Waals surface area contributed by atoms with Crippen molar-refractivity contribution in [3.8, 4) is 0 Å². The van der Waals surface area contributed by atoms with E-state index in [2.05, 4.69) is 19.2 Å². The molecule has 1 fully saturated rings. The Bertz CT molecular complexity index is 230. The molecule has 0 aromatic rings. The highest BCUT2D eigenvalue weighted by Crippen LogP contribution is 2.29. The smallest absolute Gasteiger partial charge is 0.307 e. The lowest BCUT2D eigenvalue weighted by molar-refractivity contribution is -0.154. The van der Waals surface area contributed by atoms with Crippen molar-refractivity contribution in [3.63, 3.8) is 0 Å². The molecule has 1 aliphatic carbocycles. The molecule has 3 atom stereocenters. The molecule has 100 valence electrons. The number of hydrogen-bond acceptors (Lipinski definition) is 3. The van der Waals surface area contributed by atoms with Crippen LogP contribution in [0.5, 0.6) is 0 Å². The molecule has 0 amide bonds. The van der Waals surface area contributed by atoms with Crippen LogP contribution in [0.1, 0.15) is 59.3 Å². The maximum Gasteiger partial charge on any atom is 0.307 e. The van der Waals surface area contributed by atoms with Gasteiger partial charge in [-0.2, -0.15) is 0 Å². The van der Waals surface area contributed by atoms with E-state index in [0.29, 0.717) is 12.3 Å². The standard InChI is InChI=1S/C14H27NO2/c1-4-12-8-6-7-9-13(12)17-14(16)10-11(3)15-5-2/h11-13,15H,4-10H2,1-3H3. The van der Waals surface area contributed by atoms with Crippen molar-refractivity contribution >= 4 is 5.97 Å². The van der Waals surface area contributed by atoms with Crippen molar-refractivity contribution in [2.75, 3.05) is 6.54 Å². The van der Waals surface area contributed by atoms with E-state index in [9.17, 15) is 4.79 Å². The zero-order valence-electron chi connectivity index (χ0n) is 11.5. The van der Waals surface area contributed by atoms with Crippen molar-refractivity contribution in [3.05, 3.63) is 0 Å². The first-order valence-electron chi connectivity index (χ1n) is 7.10. The second kappa shape index (κ2) is 7.70. The van der Waals surface area contributed by atoms with Gasteiger partial charge in [0.2, 0.25) is 0 Å². The Kier molecular flexibility index (Phi) is 6.56. The van der Waals surface area contributed by atoms with Crippen LogP contribution >= 0.6 is 0 Å². The van der Waals surface area contributed by atoms with Crippen molar-refractivity contribution in [2.24, 2.45) is 5.92 Å². The molecule has 3 nitrogen and oxygen atoms in total. The van der Waals surface area contributed by atoms with Gasteiger partial charge in [0, 0.05) is 6.04 Å². The molecule has 0 aromatic heterocycles. The fourth-order valence-corrected chi connectivity index (χ4v) is 2.68. The normalized spacial score (nSPS) is 26.5. The fourth-order valence-electron chi connectivity index (χ4n) is 2.68. The third kappa shape index (κ3) is 5.07.